The number of hydrogen-bond donors (Lipinski definition) is 0. The summed E-state index contributed by atoms with van der Waals surface area (Å²) in [6.45, 7) is 2.91. The van der Waals surface area contributed by atoms with Gasteiger partial charge in [-0.25, -0.2) is 0 Å². The molecule has 0 saturated heterocycles. The molecule has 0 aliphatic rings. The lowest BCUT2D eigenvalue weighted by Crippen LogP contribution is -2.30. The number of amides is 1. The lowest BCUT2D eigenvalue weighted by molar-refractivity contribution is -0.141. The highest BCUT2D eigenvalue weighted by atomic mass is 16.5. The maximum atomic E-state index is 11.6. The topological polar surface area (TPSA) is 55.8 Å². The van der Waals surface area contributed by atoms with E-state index >= 15 is 0 Å². The third-order valence-corrected chi connectivity index (χ3v) is 2.28. The standard InChI is InChI=1S/C11H21NO4/c1-9(8-15-3)7-10(13)12(2)6-5-11(14)16-4/h9H,5-8H2,1-4H3. The van der Waals surface area contributed by atoms with E-state index in [1.165, 1.54) is 7.11 Å². The van der Waals surface area contributed by atoms with Crippen LogP contribution in [-0.2, 0) is 19.1 Å². The van der Waals surface area contributed by atoms with Crippen molar-refractivity contribution in [3.8, 4) is 0 Å². The average Bonchev–Trinajstić information content (AvgIpc) is 2.25. The lowest BCUT2D eigenvalue weighted by atomic mass is 10.1. The quantitative estimate of drug-likeness (QED) is 0.605. The molecule has 0 rings (SSSR count). The van der Waals surface area contributed by atoms with Gasteiger partial charge in [0.2, 0.25) is 5.91 Å². The maximum Gasteiger partial charge on any atom is 0.307 e. The molecule has 0 fully saturated rings. The summed E-state index contributed by atoms with van der Waals surface area (Å²) in [7, 11) is 4.64. The Morgan fingerprint density at radius 2 is 1.94 bits per heavy atom. The third-order valence-electron chi connectivity index (χ3n) is 2.28. The second-order valence-electron chi connectivity index (χ2n) is 3.91. The van der Waals surface area contributed by atoms with Crippen LogP contribution >= 0.6 is 0 Å². The fraction of sp³-hybridized carbons (Fsp3) is 0.818. The Labute approximate surface area is 96.7 Å². The molecule has 0 radical (unpaired) electrons. The highest BCUT2D eigenvalue weighted by Crippen LogP contribution is 2.05. The second-order valence-corrected chi connectivity index (χ2v) is 3.91. The summed E-state index contributed by atoms with van der Waals surface area (Å²) >= 11 is 0. The number of ether oxygens (including phenoxy) is 2. The normalized spacial score (nSPS) is 12.0. The largest absolute Gasteiger partial charge is 0.469 e. The van der Waals surface area contributed by atoms with Gasteiger partial charge in [-0.2, -0.15) is 0 Å². The number of nitrogens with zero attached hydrogens (tertiary/aromatic N) is 1. The lowest BCUT2D eigenvalue weighted by Gasteiger charge is -2.18. The van der Waals surface area contributed by atoms with Gasteiger partial charge in [-0.1, -0.05) is 6.92 Å². The first-order chi connectivity index (χ1) is 7.51. The smallest absolute Gasteiger partial charge is 0.307 e. The van der Waals surface area contributed by atoms with Crippen molar-refractivity contribution in [3.05, 3.63) is 0 Å². The predicted molar refractivity (Wildman–Crippen MR) is 59.9 cm³/mol. The molecule has 0 aromatic carbocycles. The molecule has 1 unspecified atom stereocenters. The number of carbonyl (C=O) groups is 2. The van der Waals surface area contributed by atoms with Crippen molar-refractivity contribution in [1.29, 1.82) is 0 Å². The molecule has 94 valence electrons. The number of hydrogen-bond acceptors (Lipinski definition) is 4. The van der Waals surface area contributed by atoms with E-state index in [1.54, 1.807) is 19.1 Å². The van der Waals surface area contributed by atoms with E-state index in [2.05, 4.69) is 4.74 Å². The van der Waals surface area contributed by atoms with Gasteiger partial charge < -0.3 is 14.4 Å². The Kier molecular flexibility index (Phi) is 7.54. The Balaban J connectivity index is 3.85. The minimum Gasteiger partial charge on any atom is -0.469 e. The van der Waals surface area contributed by atoms with Crippen molar-refractivity contribution in [2.75, 3.05) is 34.4 Å². The number of methoxy groups -OCH3 is 2. The molecule has 16 heavy (non-hydrogen) atoms. The van der Waals surface area contributed by atoms with Gasteiger partial charge in [0.25, 0.3) is 0 Å². The summed E-state index contributed by atoms with van der Waals surface area (Å²) in [4.78, 5) is 24.1. The molecule has 5 nitrogen and oxygen atoms in total. The van der Waals surface area contributed by atoms with E-state index in [1.807, 2.05) is 6.92 Å². The van der Waals surface area contributed by atoms with Gasteiger partial charge in [-0.15, -0.1) is 0 Å². The van der Waals surface area contributed by atoms with Crippen molar-refractivity contribution in [2.24, 2.45) is 5.92 Å². The van der Waals surface area contributed by atoms with Crippen LogP contribution in [0.5, 0.6) is 0 Å². The van der Waals surface area contributed by atoms with Crippen LogP contribution in [0, 0.1) is 5.92 Å². The van der Waals surface area contributed by atoms with Crippen LogP contribution in [0.4, 0.5) is 0 Å². The molecule has 1 atom stereocenters. The number of rotatable bonds is 7. The van der Waals surface area contributed by atoms with E-state index in [-0.39, 0.29) is 24.2 Å². The first kappa shape index (κ1) is 14.9. The molecule has 5 heteroatoms. The zero-order valence-corrected chi connectivity index (χ0v) is 10.5. The van der Waals surface area contributed by atoms with Crippen LogP contribution in [-0.4, -0.2) is 51.2 Å². The highest BCUT2D eigenvalue weighted by molar-refractivity contribution is 5.77. The summed E-state index contributed by atoms with van der Waals surface area (Å²) in [6, 6.07) is 0. The molecule has 1 amide bonds. The van der Waals surface area contributed by atoms with Crippen molar-refractivity contribution in [3.63, 3.8) is 0 Å². The SMILES string of the molecule is COCC(C)CC(=O)N(C)CCC(=O)OC. The first-order valence-electron chi connectivity index (χ1n) is 5.31. The summed E-state index contributed by atoms with van der Waals surface area (Å²) in [5.74, 6) is -0.0869. The molecule has 0 aliphatic heterocycles. The molecule has 0 aliphatic carbocycles. The molecular formula is C11H21NO4. The minimum absolute atomic E-state index is 0.0217. The molecule has 0 aromatic heterocycles. The van der Waals surface area contributed by atoms with Crippen molar-refractivity contribution >= 4 is 11.9 Å². The van der Waals surface area contributed by atoms with Gasteiger partial charge in [-0.05, 0) is 5.92 Å². The van der Waals surface area contributed by atoms with Crippen LogP contribution in [0.25, 0.3) is 0 Å². The maximum absolute atomic E-state index is 11.6. The van der Waals surface area contributed by atoms with E-state index in [0.717, 1.165) is 0 Å². The van der Waals surface area contributed by atoms with E-state index in [9.17, 15) is 9.59 Å². The molecule has 0 spiro atoms. The minimum atomic E-state index is -0.301. The van der Waals surface area contributed by atoms with E-state index < -0.39 is 0 Å². The van der Waals surface area contributed by atoms with Crippen LogP contribution in [0.2, 0.25) is 0 Å². The fourth-order valence-corrected chi connectivity index (χ4v) is 1.28. The zero-order valence-electron chi connectivity index (χ0n) is 10.5. The first-order valence-corrected chi connectivity index (χ1v) is 5.31. The molecule has 0 heterocycles. The third kappa shape index (κ3) is 6.40. The van der Waals surface area contributed by atoms with Gasteiger partial charge in [0.05, 0.1) is 13.5 Å². The molecule has 0 N–H and O–H groups in total. The second kappa shape index (κ2) is 8.10. The van der Waals surface area contributed by atoms with Crippen LogP contribution in [0.15, 0.2) is 0 Å². The van der Waals surface area contributed by atoms with Gasteiger partial charge in [0, 0.05) is 33.7 Å². The Morgan fingerprint density at radius 3 is 2.44 bits per heavy atom. The predicted octanol–water partition coefficient (Wildman–Crippen LogP) is 0.680. The summed E-state index contributed by atoms with van der Waals surface area (Å²) < 4.78 is 9.46. The van der Waals surface area contributed by atoms with E-state index in [0.29, 0.717) is 19.6 Å². The van der Waals surface area contributed by atoms with Gasteiger partial charge in [0.15, 0.2) is 0 Å². The van der Waals surface area contributed by atoms with Gasteiger partial charge in [-0.3, -0.25) is 9.59 Å². The Morgan fingerprint density at radius 1 is 1.31 bits per heavy atom. The van der Waals surface area contributed by atoms with E-state index in [4.69, 9.17) is 4.74 Å². The zero-order chi connectivity index (χ0) is 12.6. The Bertz CT molecular complexity index is 230. The molecule has 0 bridgehead atoms. The van der Waals surface area contributed by atoms with Gasteiger partial charge >= 0.3 is 5.97 Å². The van der Waals surface area contributed by atoms with Crippen molar-refractivity contribution in [1.82, 2.24) is 4.90 Å². The van der Waals surface area contributed by atoms with Crippen LogP contribution < -0.4 is 0 Å². The van der Waals surface area contributed by atoms with Crippen molar-refractivity contribution in [2.45, 2.75) is 19.8 Å². The number of esters is 1. The van der Waals surface area contributed by atoms with Crippen LogP contribution in [0.1, 0.15) is 19.8 Å². The molecule has 0 aromatic rings. The highest BCUT2D eigenvalue weighted by Gasteiger charge is 2.14. The monoisotopic (exact) mass is 231 g/mol. The van der Waals surface area contributed by atoms with Crippen LogP contribution in [0.3, 0.4) is 0 Å². The number of carbonyl (C=O) groups excluding carboxylic acids is 2. The van der Waals surface area contributed by atoms with Gasteiger partial charge in [0.1, 0.15) is 0 Å². The fourth-order valence-electron chi connectivity index (χ4n) is 1.28. The summed E-state index contributed by atoms with van der Waals surface area (Å²) in [5, 5.41) is 0. The molecular weight excluding hydrogens is 210 g/mol. The average molecular weight is 231 g/mol. The Hall–Kier alpha value is -1.10. The van der Waals surface area contributed by atoms with Crippen molar-refractivity contribution < 1.29 is 19.1 Å². The molecule has 0 saturated carbocycles. The summed E-state index contributed by atoms with van der Waals surface area (Å²) in [5.41, 5.74) is 0. The summed E-state index contributed by atoms with van der Waals surface area (Å²) in [6.07, 6.45) is 0.670.